The molecule has 5 N–H and O–H groups in total. The minimum absolute atomic E-state index is 0.185. The van der Waals surface area contributed by atoms with E-state index < -0.39 is 0 Å². The van der Waals surface area contributed by atoms with Crippen LogP contribution in [0.3, 0.4) is 0 Å². The van der Waals surface area contributed by atoms with Gasteiger partial charge in [-0.1, -0.05) is 36.4 Å². The molecule has 0 bridgehead atoms. The average molecular weight is 521 g/mol. The van der Waals surface area contributed by atoms with Crippen LogP contribution in [0, 0.1) is 0 Å². The molecule has 1 saturated heterocycles. The predicted octanol–water partition coefficient (Wildman–Crippen LogP) is 2.55. The third-order valence-electron chi connectivity index (χ3n) is 5.85. The number of nitrogens with two attached hydrogens (primary N) is 1. The highest BCUT2D eigenvalue weighted by atomic mass is 16.5. The van der Waals surface area contributed by atoms with Crippen molar-refractivity contribution in [1.29, 1.82) is 0 Å². The summed E-state index contributed by atoms with van der Waals surface area (Å²) in [6.45, 7) is 5.19. The van der Waals surface area contributed by atoms with Crippen LogP contribution in [0.5, 0.6) is 0 Å². The normalized spacial score (nSPS) is 12.9. The summed E-state index contributed by atoms with van der Waals surface area (Å²) in [5.74, 6) is 1.36. The number of carbonyl (C=O) groups is 1. The summed E-state index contributed by atoms with van der Waals surface area (Å²) >= 11 is 0. The van der Waals surface area contributed by atoms with Crippen LogP contribution in [0.2, 0.25) is 0 Å². The van der Waals surface area contributed by atoms with Crippen molar-refractivity contribution < 1.29 is 14.3 Å². The van der Waals surface area contributed by atoms with Crippen molar-refractivity contribution in [2.45, 2.75) is 19.4 Å². The maximum atomic E-state index is 12.6. The van der Waals surface area contributed by atoms with Crippen molar-refractivity contribution in [3.63, 3.8) is 0 Å². The first-order valence-corrected chi connectivity index (χ1v) is 13.0. The summed E-state index contributed by atoms with van der Waals surface area (Å²) in [7, 11) is 0. The summed E-state index contributed by atoms with van der Waals surface area (Å²) in [5.41, 5.74) is 7.74. The highest BCUT2D eigenvalue weighted by molar-refractivity contribution is 5.95. The number of benzene rings is 2. The second kappa shape index (κ2) is 14.8. The first-order chi connectivity index (χ1) is 18.7. The Morgan fingerprint density at radius 3 is 2.45 bits per heavy atom. The van der Waals surface area contributed by atoms with E-state index in [-0.39, 0.29) is 5.91 Å². The lowest BCUT2D eigenvalue weighted by molar-refractivity contribution is 0.0511. The third-order valence-corrected chi connectivity index (χ3v) is 5.85. The van der Waals surface area contributed by atoms with Crippen molar-refractivity contribution >= 4 is 29.4 Å². The smallest absolute Gasteiger partial charge is 0.251 e. The molecular formula is C27H36N8O3. The molecular weight excluding hydrogens is 484 g/mol. The van der Waals surface area contributed by atoms with E-state index in [2.05, 4.69) is 47.9 Å². The van der Waals surface area contributed by atoms with Gasteiger partial charge >= 0.3 is 0 Å². The minimum atomic E-state index is -0.185. The van der Waals surface area contributed by atoms with Crippen LogP contribution in [-0.4, -0.2) is 73.5 Å². The summed E-state index contributed by atoms with van der Waals surface area (Å²) in [4.78, 5) is 28.7. The van der Waals surface area contributed by atoms with Gasteiger partial charge in [-0.25, -0.2) is 0 Å². The Kier molecular flexibility index (Phi) is 10.6. The average Bonchev–Trinajstić information content (AvgIpc) is 3.49. The van der Waals surface area contributed by atoms with Gasteiger partial charge in [0.25, 0.3) is 5.91 Å². The van der Waals surface area contributed by atoms with Crippen molar-refractivity contribution in [1.82, 2.24) is 20.3 Å². The van der Waals surface area contributed by atoms with Gasteiger partial charge in [-0.05, 0) is 36.6 Å². The molecule has 1 amide bonds. The van der Waals surface area contributed by atoms with Crippen LogP contribution in [0.25, 0.3) is 0 Å². The number of nitrogens with one attached hydrogen (secondary N) is 3. The highest BCUT2D eigenvalue weighted by Gasteiger charge is 2.18. The Morgan fingerprint density at radius 2 is 1.66 bits per heavy atom. The highest BCUT2D eigenvalue weighted by Crippen LogP contribution is 2.22. The number of rotatable bonds is 15. The monoisotopic (exact) mass is 520 g/mol. The van der Waals surface area contributed by atoms with Crippen LogP contribution in [0.15, 0.2) is 54.6 Å². The molecule has 11 nitrogen and oxygen atoms in total. The summed E-state index contributed by atoms with van der Waals surface area (Å²) in [6.07, 6.45) is 2.23. The van der Waals surface area contributed by atoms with Gasteiger partial charge in [-0.2, -0.15) is 15.0 Å². The number of carbonyl (C=O) groups excluding carboxylic acids is 1. The van der Waals surface area contributed by atoms with Gasteiger partial charge in [0, 0.05) is 44.0 Å². The maximum Gasteiger partial charge on any atom is 0.251 e. The van der Waals surface area contributed by atoms with Crippen LogP contribution in [0.4, 0.5) is 23.5 Å². The van der Waals surface area contributed by atoms with Crippen LogP contribution in [0.1, 0.15) is 28.8 Å². The van der Waals surface area contributed by atoms with E-state index in [1.807, 2.05) is 30.3 Å². The molecule has 4 rings (SSSR count). The molecule has 1 aliphatic heterocycles. The van der Waals surface area contributed by atoms with Gasteiger partial charge in [-0.15, -0.1) is 0 Å². The number of hydrogen-bond acceptors (Lipinski definition) is 10. The van der Waals surface area contributed by atoms with Gasteiger partial charge in [0.1, 0.15) is 0 Å². The SMILES string of the molecule is NCCOCCOCCNC(=O)c1cccc(Nc2nc(NCc3ccccc3)nc(N3CCCC3)n2)c1. The van der Waals surface area contributed by atoms with Gasteiger partial charge in [0.05, 0.1) is 26.4 Å². The standard InChI is InChI=1S/C27H36N8O3/c28-11-15-37-17-18-38-16-12-29-24(36)22-9-6-10-23(19-22)31-26-32-25(30-20-21-7-2-1-3-8-21)33-27(34-26)35-13-4-5-14-35/h1-3,6-10,19H,4-5,11-18,20,28H2,(H,29,36)(H2,30,31,32,33,34). The Balaban J connectivity index is 1.36. The second-order valence-corrected chi connectivity index (χ2v) is 8.79. The Morgan fingerprint density at radius 1 is 0.895 bits per heavy atom. The van der Waals surface area contributed by atoms with E-state index in [4.69, 9.17) is 15.2 Å². The summed E-state index contributed by atoms with van der Waals surface area (Å²) in [5, 5.41) is 9.43. The molecule has 2 heterocycles. The number of amides is 1. The molecule has 2 aromatic carbocycles. The van der Waals surface area contributed by atoms with E-state index in [1.54, 1.807) is 12.1 Å². The molecule has 0 saturated carbocycles. The van der Waals surface area contributed by atoms with Crippen LogP contribution >= 0.6 is 0 Å². The molecule has 38 heavy (non-hydrogen) atoms. The minimum Gasteiger partial charge on any atom is -0.378 e. The fourth-order valence-corrected chi connectivity index (χ4v) is 3.95. The number of nitrogens with zero attached hydrogens (tertiary/aromatic N) is 4. The Bertz CT molecular complexity index is 1140. The van der Waals surface area contributed by atoms with Crippen molar-refractivity contribution in [2.24, 2.45) is 5.73 Å². The number of ether oxygens (including phenoxy) is 2. The van der Waals surface area contributed by atoms with E-state index >= 15 is 0 Å². The first-order valence-electron chi connectivity index (χ1n) is 13.0. The van der Waals surface area contributed by atoms with E-state index in [9.17, 15) is 4.79 Å². The molecule has 1 aliphatic rings. The third kappa shape index (κ3) is 8.65. The quantitative estimate of drug-likeness (QED) is 0.221. The fraction of sp³-hybridized carbons (Fsp3) is 0.407. The first kappa shape index (κ1) is 27.2. The molecule has 0 radical (unpaired) electrons. The largest absolute Gasteiger partial charge is 0.378 e. The van der Waals surface area contributed by atoms with Gasteiger partial charge < -0.3 is 36.1 Å². The molecule has 3 aromatic rings. The Labute approximate surface area is 223 Å². The summed E-state index contributed by atoms with van der Waals surface area (Å²) in [6, 6.07) is 17.3. The van der Waals surface area contributed by atoms with Crippen LogP contribution < -0.4 is 26.6 Å². The van der Waals surface area contributed by atoms with Gasteiger partial charge in [-0.3, -0.25) is 4.79 Å². The molecule has 0 spiro atoms. The summed E-state index contributed by atoms with van der Waals surface area (Å²) < 4.78 is 10.7. The van der Waals surface area contributed by atoms with Gasteiger partial charge in [0.15, 0.2) is 0 Å². The molecule has 1 fully saturated rings. The van der Waals surface area contributed by atoms with E-state index in [1.165, 1.54) is 0 Å². The number of aromatic nitrogens is 3. The lowest BCUT2D eigenvalue weighted by Crippen LogP contribution is -2.27. The zero-order chi connectivity index (χ0) is 26.4. The topological polar surface area (TPSA) is 140 Å². The second-order valence-electron chi connectivity index (χ2n) is 8.79. The zero-order valence-electron chi connectivity index (χ0n) is 21.6. The van der Waals surface area contributed by atoms with Crippen molar-refractivity contribution in [3.05, 3.63) is 65.7 Å². The molecule has 0 unspecified atom stereocenters. The molecule has 11 heteroatoms. The zero-order valence-corrected chi connectivity index (χ0v) is 21.6. The lowest BCUT2D eigenvalue weighted by Gasteiger charge is -2.17. The van der Waals surface area contributed by atoms with Crippen LogP contribution in [-0.2, 0) is 16.0 Å². The van der Waals surface area contributed by atoms with Crippen molar-refractivity contribution in [3.8, 4) is 0 Å². The fourth-order valence-electron chi connectivity index (χ4n) is 3.95. The number of anilines is 4. The molecule has 0 atom stereocenters. The molecule has 202 valence electrons. The van der Waals surface area contributed by atoms with Gasteiger partial charge in [0.2, 0.25) is 17.8 Å². The predicted molar refractivity (Wildman–Crippen MR) is 148 cm³/mol. The molecule has 0 aliphatic carbocycles. The molecule has 1 aromatic heterocycles. The number of hydrogen-bond donors (Lipinski definition) is 4. The Hall–Kier alpha value is -3.80. The van der Waals surface area contributed by atoms with E-state index in [0.29, 0.717) is 75.2 Å². The van der Waals surface area contributed by atoms with E-state index in [0.717, 1.165) is 31.5 Å². The van der Waals surface area contributed by atoms with Crippen molar-refractivity contribution in [2.75, 3.05) is 68.1 Å². The maximum absolute atomic E-state index is 12.6. The lowest BCUT2D eigenvalue weighted by atomic mass is 10.2.